The number of hydrogen-bond acceptors (Lipinski definition) is 5. The highest BCUT2D eigenvalue weighted by Crippen LogP contribution is 2.22. The number of nitrogens with zero attached hydrogens (tertiary/aromatic N) is 2. The minimum absolute atomic E-state index is 0.136. The lowest BCUT2D eigenvalue weighted by molar-refractivity contribution is -0.114. The van der Waals surface area contributed by atoms with E-state index in [1.54, 1.807) is 24.3 Å². The Kier molecular flexibility index (Phi) is 6.61. The molecule has 0 spiro atoms. The molecule has 0 unspecified atom stereocenters. The highest BCUT2D eigenvalue weighted by Gasteiger charge is 2.07. The molecule has 1 aromatic heterocycles. The van der Waals surface area contributed by atoms with Crippen LogP contribution in [-0.4, -0.2) is 27.8 Å². The summed E-state index contributed by atoms with van der Waals surface area (Å²) in [5.74, 6) is -0.0457. The zero-order chi connectivity index (χ0) is 20.8. The Morgan fingerprint density at radius 2 is 1.55 bits per heavy atom. The highest BCUT2D eigenvalue weighted by molar-refractivity contribution is 7.99. The molecule has 1 heterocycles. The van der Waals surface area contributed by atoms with Crippen molar-refractivity contribution in [1.82, 2.24) is 10.2 Å². The maximum Gasteiger partial charge on any atom is 0.234 e. The van der Waals surface area contributed by atoms with Gasteiger partial charge in [0.25, 0.3) is 0 Å². The fraction of sp³-hybridized carbons (Fsp3) is 0.182. The molecule has 0 saturated carbocycles. The van der Waals surface area contributed by atoms with Gasteiger partial charge in [0, 0.05) is 23.9 Å². The minimum Gasteiger partial charge on any atom is -0.326 e. The number of anilines is 2. The number of hydrogen-bond donors (Lipinski definition) is 2. The molecule has 0 fully saturated rings. The highest BCUT2D eigenvalue weighted by atomic mass is 32.2. The molecule has 3 rings (SSSR count). The average molecular weight is 407 g/mol. The van der Waals surface area contributed by atoms with Gasteiger partial charge in [0.15, 0.2) is 0 Å². The van der Waals surface area contributed by atoms with Crippen LogP contribution in [0.5, 0.6) is 0 Å². The van der Waals surface area contributed by atoms with Crippen LogP contribution in [0.3, 0.4) is 0 Å². The molecule has 6 nitrogen and oxygen atoms in total. The summed E-state index contributed by atoms with van der Waals surface area (Å²) in [5.41, 5.74) is 5.64. The predicted molar refractivity (Wildman–Crippen MR) is 117 cm³/mol. The molecule has 0 saturated heterocycles. The van der Waals surface area contributed by atoms with E-state index in [4.69, 9.17) is 0 Å². The Hall–Kier alpha value is -3.19. The Balaban J connectivity index is 1.53. The smallest absolute Gasteiger partial charge is 0.234 e. The molecule has 2 aromatic carbocycles. The van der Waals surface area contributed by atoms with Crippen molar-refractivity contribution in [3.8, 4) is 11.3 Å². The van der Waals surface area contributed by atoms with Gasteiger partial charge in [-0.2, -0.15) is 0 Å². The van der Waals surface area contributed by atoms with Gasteiger partial charge in [-0.05, 0) is 67.4 Å². The molecule has 7 heteroatoms. The summed E-state index contributed by atoms with van der Waals surface area (Å²) in [4.78, 5) is 23.2. The van der Waals surface area contributed by atoms with Gasteiger partial charge in [0.05, 0.1) is 11.4 Å². The Morgan fingerprint density at radius 3 is 2.14 bits per heavy atom. The zero-order valence-electron chi connectivity index (χ0n) is 16.5. The first kappa shape index (κ1) is 20.5. The topological polar surface area (TPSA) is 84.0 Å². The van der Waals surface area contributed by atoms with Gasteiger partial charge in [-0.15, -0.1) is 10.2 Å². The molecule has 0 aliphatic heterocycles. The number of amides is 2. The molecule has 0 aliphatic carbocycles. The molecular formula is C22H22N4O2S. The van der Waals surface area contributed by atoms with Crippen molar-refractivity contribution in [3.05, 3.63) is 65.7 Å². The van der Waals surface area contributed by atoms with E-state index in [9.17, 15) is 9.59 Å². The third kappa shape index (κ3) is 5.89. The van der Waals surface area contributed by atoms with Crippen LogP contribution >= 0.6 is 11.8 Å². The van der Waals surface area contributed by atoms with Crippen molar-refractivity contribution < 1.29 is 9.59 Å². The van der Waals surface area contributed by atoms with Gasteiger partial charge >= 0.3 is 0 Å². The number of carbonyl (C=O) groups is 2. The third-order valence-electron chi connectivity index (χ3n) is 4.28. The number of rotatable bonds is 6. The Bertz CT molecular complexity index is 1020. The van der Waals surface area contributed by atoms with Gasteiger partial charge in [-0.1, -0.05) is 23.9 Å². The van der Waals surface area contributed by atoms with Crippen molar-refractivity contribution in [2.24, 2.45) is 0 Å². The number of thioether (sulfide) groups is 1. The van der Waals surface area contributed by atoms with Crippen LogP contribution in [0.4, 0.5) is 11.4 Å². The lowest BCUT2D eigenvalue weighted by atomic mass is 10.0. The maximum atomic E-state index is 12.2. The summed E-state index contributed by atoms with van der Waals surface area (Å²) in [7, 11) is 0. The Labute approximate surface area is 174 Å². The molecule has 0 bridgehead atoms. The van der Waals surface area contributed by atoms with Crippen LogP contribution in [0.25, 0.3) is 11.3 Å². The van der Waals surface area contributed by atoms with Crippen molar-refractivity contribution in [3.63, 3.8) is 0 Å². The van der Waals surface area contributed by atoms with E-state index in [0.717, 1.165) is 11.3 Å². The van der Waals surface area contributed by atoms with Crippen LogP contribution in [-0.2, 0) is 9.59 Å². The van der Waals surface area contributed by atoms with Gasteiger partial charge < -0.3 is 10.6 Å². The van der Waals surface area contributed by atoms with Crippen molar-refractivity contribution in [1.29, 1.82) is 0 Å². The number of nitrogens with one attached hydrogen (secondary N) is 2. The monoisotopic (exact) mass is 406 g/mol. The fourth-order valence-corrected chi connectivity index (χ4v) is 3.24. The lowest BCUT2D eigenvalue weighted by Crippen LogP contribution is -2.14. The molecule has 2 amide bonds. The lowest BCUT2D eigenvalue weighted by Gasteiger charge is -2.07. The van der Waals surface area contributed by atoms with Crippen LogP contribution in [0.15, 0.2) is 59.6 Å². The second-order valence-corrected chi connectivity index (χ2v) is 7.65. The van der Waals surface area contributed by atoms with Crippen LogP contribution in [0, 0.1) is 13.8 Å². The number of benzene rings is 2. The maximum absolute atomic E-state index is 12.2. The quantitative estimate of drug-likeness (QED) is 0.591. The van der Waals surface area contributed by atoms with Gasteiger partial charge in [-0.3, -0.25) is 9.59 Å². The molecule has 0 atom stereocenters. The van der Waals surface area contributed by atoms with Crippen molar-refractivity contribution in [2.45, 2.75) is 25.8 Å². The SMILES string of the molecule is CC(=O)Nc1ccc(NC(=O)CSc2ccc(-c3ccc(C)c(C)c3)nn2)cc1. The molecular weight excluding hydrogens is 384 g/mol. The molecule has 3 aromatic rings. The summed E-state index contributed by atoms with van der Waals surface area (Å²) in [6, 6.07) is 16.9. The fourth-order valence-electron chi connectivity index (χ4n) is 2.63. The van der Waals surface area contributed by atoms with E-state index in [1.165, 1.54) is 29.8 Å². The standard InChI is InChI=1S/C22H22N4O2S/c1-14-4-5-17(12-15(14)2)20-10-11-22(26-25-20)29-13-21(28)24-19-8-6-18(7-9-19)23-16(3)27/h4-12H,13H2,1-3H3,(H,23,27)(H,24,28). The van der Waals surface area contributed by atoms with E-state index >= 15 is 0 Å². The van der Waals surface area contributed by atoms with E-state index in [0.29, 0.717) is 16.4 Å². The van der Waals surface area contributed by atoms with E-state index < -0.39 is 0 Å². The van der Waals surface area contributed by atoms with Gasteiger partial charge in [0.1, 0.15) is 5.03 Å². The van der Waals surface area contributed by atoms with E-state index in [2.05, 4.69) is 46.8 Å². The first-order valence-corrected chi connectivity index (χ1v) is 10.1. The number of aryl methyl sites for hydroxylation is 2. The van der Waals surface area contributed by atoms with Gasteiger partial charge in [-0.25, -0.2) is 0 Å². The summed E-state index contributed by atoms with van der Waals surface area (Å²) in [6.45, 7) is 5.60. The molecule has 0 aliphatic rings. The normalized spacial score (nSPS) is 10.4. The Morgan fingerprint density at radius 1 is 0.862 bits per heavy atom. The first-order valence-electron chi connectivity index (χ1n) is 9.12. The molecule has 0 radical (unpaired) electrons. The van der Waals surface area contributed by atoms with E-state index in [-0.39, 0.29) is 17.6 Å². The van der Waals surface area contributed by atoms with Crippen LogP contribution in [0.2, 0.25) is 0 Å². The molecule has 148 valence electrons. The number of aromatic nitrogens is 2. The largest absolute Gasteiger partial charge is 0.326 e. The molecule has 29 heavy (non-hydrogen) atoms. The van der Waals surface area contributed by atoms with Crippen molar-refractivity contribution in [2.75, 3.05) is 16.4 Å². The summed E-state index contributed by atoms with van der Waals surface area (Å²) < 4.78 is 0. The first-order chi connectivity index (χ1) is 13.9. The van der Waals surface area contributed by atoms with Crippen molar-refractivity contribution >= 4 is 35.0 Å². The molecule has 2 N–H and O–H groups in total. The summed E-state index contributed by atoms with van der Waals surface area (Å²) in [6.07, 6.45) is 0. The minimum atomic E-state index is -0.137. The van der Waals surface area contributed by atoms with Gasteiger partial charge in [0.2, 0.25) is 11.8 Å². The van der Waals surface area contributed by atoms with E-state index in [1.807, 2.05) is 18.2 Å². The average Bonchev–Trinajstić information content (AvgIpc) is 2.70. The predicted octanol–water partition coefficient (Wildman–Crippen LogP) is 4.45. The van der Waals surface area contributed by atoms with Crippen LogP contribution < -0.4 is 10.6 Å². The summed E-state index contributed by atoms with van der Waals surface area (Å²) >= 11 is 1.33. The second-order valence-electron chi connectivity index (χ2n) is 6.65. The summed E-state index contributed by atoms with van der Waals surface area (Å²) in [5, 5.41) is 14.7. The van der Waals surface area contributed by atoms with Crippen LogP contribution in [0.1, 0.15) is 18.1 Å². The third-order valence-corrected chi connectivity index (χ3v) is 5.20. The second kappa shape index (κ2) is 9.34. The zero-order valence-corrected chi connectivity index (χ0v) is 17.3. The number of carbonyl (C=O) groups excluding carboxylic acids is 2.